The van der Waals surface area contributed by atoms with Crippen molar-refractivity contribution in [3.8, 4) is 17.2 Å². The number of hydrogen-bond donors (Lipinski definition) is 0. The summed E-state index contributed by atoms with van der Waals surface area (Å²) < 4.78 is 11.5. The fourth-order valence-electron chi connectivity index (χ4n) is 2.98. The first-order chi connectivity index (χ1) is 12.3. The van der Waals surface area contributed by atoms with Gasteiger partial charge in [0.05, 0.1) is 12.7 Å². The molecule has 3 nitrogen and oxygen atoms in total. The predicted octanol–water partition coefficient (Wildman–Crippen LogP) is 5.22. The van der Waals surface area contributed by atoms with Crippen LogP contribution in [0.2, 0.25) is 0 Å². The van der Waals surface area contributed by atoms with Gasteiger partial charge in [-0.05, 0) is 24.3 Å². The summed E-state index contributed by atoms with van der Waals surface area (Å²) in [4.78, 5) is 13.2. The lowest BCUT2D eigenvalue weighted by Gasteiger charge is -2.11. The van der Waals surface area contributed by atoms with E-state index in [4.69, 9.17) is 9.47 Å². The molecular formula is C22H16O3. The summed E-state index contributed by atoms with van der Waals surface area (Å²) in [5, 5.41) is 0. The van der Waals surface area contributed by atoms with Crippen molar-refractivity contribution in [2.75, 3.05) is 7.11 Å². The summed E-state index contributed by atoms with van der Waals surface area (Å²) in [5.74, 6) is 1.95. The molecule has 0 aromatic heterocycles. The molecule has 0 unspecified atom stereocenters. The van der Waals surface area contributed by atoms with Crippen LogP contribution in [0, 0.1) is 0 Å². The monoisotopic (exact) mass is 328 g/mol. The second-order valence-electron chi connectivity index (χ2n) is 5.72. The average molecular weight is 328 g/mol. The van der Waals surface area contributed by atoms with E-state index < -0.39 is 0 Å². The molecule has 3 heteroatoms. The van der Waals surface area contributed by atoms with E-state index in [-0.39, 0.29) is 5.78 Å². The van der Waals surface area contributed by atoms with Gasteiger partial charge in [-0.15, -0.1) is 0 Å². The molecule has 3 aromatic carbocycles. The number of Topliss-reactive ketones (excluding diaryl/α,β-unsaturated/α-hetero) is 1. The number of carbonyl (C=O) groups excluding carboxylic acids is 1. The first kappa shape index (κ1) is 15.2. The average Bonchev–Trinajstić information content (AvgIpc) is 2.84. The largest absolute Gasteiger partial charge is 0.496 e. The number of benzene rings is 3. The van der Waals surface area contributed by atoms with Gasteiger partial charge in [0.1, 0.15) is 17.2 Å². The Bertz CT molecular complexity index is 972. The van der Waals surface area contributed by atoms with Crippen molar-refractivity contribution >= 4 is 17.4 Å². The summed E-state index contributed by atoms with van der Waals surface area (Å²) in [6.07, 6.45) is 1.86. The van der Waals surface area contributed by atoms with Crippen LogP contribution < -0.4 is 9.47 Å². The van der Waals surface area contributed by atoms with Gasteiger partial charge in [0.15, 0.2) is 5.78 Å². The number of rotatable bonds is 3. The fraction of sp³-hybridized carbons (Fsp3) is 0.0455. The molecule has 25 heavy (non-hydrogen) atoms. The third kappa shape index (κ3) is 2.70. The molecule has 1 aliphatic rings. The van der Waals surface area contributed by atoms with Crippen molar-refractivity contribution in [2.45, 2.75) is 0 Å². The minimum absolute atomic E-state index is 0.0459. The Morgan fingerprint density at radius 1 is 0.840 bits per heavy atom. The highest BCUT2D eigenvalue weighted by atomic mass is 16.5. The van der Waals surface area contributed by atoms with E-state index in [1.54, 1.807) is 7.11 Å². The molecule has 3 aromatic rings. The highest BCUT2D eigenvalue weighted by Gasteiger charge is 2.23. The van der Waals surface area contributed by atoms with E-state index in [0.29, 0.717) is 28.4 Å². The van der Waals surface area contributed by atoms with Crippen LogP contribution in [0.4, 0.5) is 0 Å². The second-order valence-corrected chi connectivity index (χ2v) is 5.72. The summed E-state index contributed by atoms with van der Waals surface area (Å²) >= 11 is 0. The number of hydrogen-bond acceptors (Lipinski definition) is 3. The van der Waals surface area contributed by atoms with E-state index in [9.17, 15) is 4.79 Å². The van der Waals surface area contributed by atoms with Crippen LogP contribution in [0.5, 0.6) is 17.2 Å². The number of para-hydroxylation sites is 1. The maximum absolute atomic E-state index is 13.2. The van der Waals surface area contributed by atoms with Crippen LogP contribution in [0.25, 0.3) is 11.6 Å². The lowest BCUT2D eigenvalue weighted by Crippen LogP contribution is -2.02. The van der Waals surface area contributed by atoms with Gasteiger partial charge in [0.2, 0.25) is 0 Å². The van der Waals surface area contributed by atoms with E-state index in [1.807, 2.05) is 78.9 Å². The third-order valence-electron chi connectivity index (χ3n) is 4.21. The van der Waals surface area contributed by atoms with Gasteiger partial charge >= 0.3 is 0 Å². The lowest BCUT2D eigenvalue weighted by atomic mass is 9.94. The number of fused-ring (bicyclic) bond motifs is 2. The molecule has 0 atom stereocenters. The quantitative estimate of drug-likeness (QED) is 0.618. The minimum atomic E-state index is -0.0459. The molecular weight excluding hydrogens is 312 g/mol. The number of methoxy groups -OCH3 is 1. The highest BCUT2D eigenvalue weighted by molar-refractivity contribution is 6.33. The normalized spacial score (nSPS) is 12.1. The van der Waals surface area contributed by atoms with Gasteiger partial charge in [-0.25, -0.2) is 0 Å². The number of allylic oxidation sites excluding steroid dienone is 1. The first-order valence-electron chi connectivity index (χ1n) is 8.03. The van der Waals surface area contributed by atoms with Crippen LogP contribution in [-0.2, 0) is 0 Å². The number of ketones is 1. The summed E-state index contributed by atoms with van der Waals surface area (Å²) in [6.45, 7) is 0. The Kier molecular flexibility index (Phi) is 3.82. The molecule has 0 spiro atoms. The predicted molar refractivity (Wildman–Crippen MR) is 98.2 cm³/mol. The van der Waals surface area contributed by atoms with Crippen molar-refractivity contribution in [3.05, 3.63) is 89.5 Å². The zero-order chi connectivity index (χ0) is 17.2. The fourth-order valence-corrected chi connectivity index (χ4v) is 2.98. The molecule has 0 amide bonds. The Morgan fingerprint density at radius 3 is 2.36 bits per heavy atom. The van der Waals surface area contributed by atoms with Crippen molar-refractivity contribution in [2.24, 2.45) is 0 Å². The van der Waals surface area contributed by atoms with Crippen LogP contribution in [0.3, 0.4) is 0 Å². The molecule has 1 aliphatic heterocycles. The van der Waals surface area contributed by atoms with Crippen molar-refractivity contribution in [1.82, 2.24) is 0 Å². The smallest absolute Gasteiger partial charge is 0.193 e. The number of carbonyl (C=O) groups is 1. The summed E-state index contributed by atoms with van der Waals surface area (Å²) in [6, 6.07) is 22.4. The van der Waals surface area contributed by atoms with Crippen molar-refractivity contribution in [1.29, 1.82) is 0 Å². The topological polar surface area (TPSA) is 35.5 Å². The molecule has 0 saturated carbocycles. The molecule has 0 aliphatic carbocycles. The Labute approximate surface area is 146 Å². The Balaban J connectivity index is 1.96. The van der Waals surface area contributed by atoms with E-state index in [0.717, 1.165) is 11.1 Å². The van der Waals surface area contributed by atoms with Gasteiger partial charge in [-0.2, -0.15) is 0 Å². The van der Waals surface area contributed by atoms with Crippen LogP contribution in [0.1, 0.15) is 21.5 Å². The minimum Gasteiger partial charge on any atom is -0.496 e. The molecule has 0 saturated heterocycles. The van der Waals surface area contributed by atoms with Crippen LogP contribution in [-0.4, -0.2) is 12.9 Å². The maximum Gasteiger partial charge on any atom is 0.193 e. The van der Waals surface area contributed by atoms with Gasteiger partial charge in [0.25, 0.3) is 0 Å². The standard InChI is InChI=1S/C22H16O3/c1-24-19-12-7-13-21-18(19)14-17(16-10-5-6-11-20(16)25-21)22(23)15-8-3-2-4-9-15/h2-14H,1H3. The van der Waals surface area contributed by atoms with Crippen molar-refractivity contribution in [3.63, 3.8) is 0 Å². The van der Waals surface area contributed by atoms with Gasteiger partial charge in [-0.1, -0.05) is 54.6 Å². The first-order valence-corrected chi connectivity index (χ1v) is 8.03. The SMILES string of the molecule is COc1cccc2c1C=C(C(=O)c1ccccc1)c1ccccc1O2. The Hall–Kier alpha value is -3.33. The van der Waals surface area contributed by atoms with Gasteiger partial charge in [0, 0.05) is 16.7 Å². The zero-order valence-electron chi connectivity index (χ0n) is 13.7. The lowest BCUT2D eigenvalue weighted by molar-refractivity contribution is 0.105. The van der Waals surface area contributed by atoms with Crippen molar-refractivity contribution < 1.29 is 14.3 Å². The third-order valence-corrected chi connectivity index (χ3v) is 4.21. The molecule has 1 heterocycles. The summed E-state index contributed by atoms with van der Waals surface area (Å²) in [7, 11) is 1.61. The molecule has 0 bridgehead atoms. The van der Waals surface area contributed by atoms with Gasteiger partial charge in [-0.3, -0.25) is 4.79 Å². The van der Waals surface area contributed by atoms with Gasteiger partial charge < -0.3 is 9.47 Å². The maximum atomic E-state index is 13.2. The zero-order valence-corrected chi connectivity index (χ0v) is 13.7. The van der Waals surface area contributed by atoms with E-state index >= 15 is 0 Å². The van der Waals surface area contributed by atoms with E-state index in [1.165, 1.54) is 0 Å². The highest BCUT2D eigenvalue weighted by Crippen LogP contribution is 2.42. The second kappa shape index (κ2) is 6.29. The molecule has 0 N–H and O–H groups in total. The van der Waals surface area contributed by atoms with Crippen LogP contribution in [0.15, 0.2) is 72.8 Å². The molecule has 0 fully saturated rings. The van der Waals surface area contributed by atoms with Crippen LogP contribution >= 0.6 is 0 Å². The molecule has 0 radical (unpaired) electrons. The Morgan fingerprint density at radius 2 is 1.56 bits per heavy atom. The molecule has 122 valence electrons. The molecule has 4 rings (SSSR count). The van der Waals surface area contributed by atoms with E-state index in [2.05, 4.69) is 0 Å². The summed E-state index contributed by atoms with van der Waals surface area (Å²) in [5.41, 5.74) is 2.77. The number of ether oxygens (including phenoxy) is 2.